The summed E-state index contributed by atoms with van der Waals surface area (Å²) >= 11 is 0. The molecule has 8 heteroatoms. The van der Waals surface area contributed by atoms with Crippen LogP contribution in [0.2, 0.25) is 0 Å². The molecule has 1 atom stereocenters. The van der Waals surface area contributed by atoms with Crippen LogP contribution < -0.4 is 14.8 Å². The number of hydrogen-bond acceptors (Lipinski definition) is 5. The maximum atomic E-state index is 12.2. The smallest absolute Gasteiger partial charge is 0.240 e. The molecule has 0 radical (unpaired) electrons. The van der Waals surface area contributed by atoms with E-state index >= 15 is 0 Å². The zero-order valence-electron chi connectivity index (χ0n) is 13.3. The van der Waals surface area contributed by atoms with Crippen molar-refractivity contribution in [1.82, 2.24) is 10.0 Å². The molecule has 0 bridgehead atoms. The van der Waals surface area contributed by atoms with Gasteiger partial charge in [0.15, 0.2) is 0 Å². The molecule has 1 saturated heterocycles. The highest BCUT2D eigenvalue weighted by Gasteiger charge is 2.19. The predicted molar refractivity (Wildman–Crippen MR) is 91.9 cm³/mol. The molecule has 1 fully saturated rings. The zero-order chi connectivity index (χ0) is 15.8. The third kappa shape index (κ3) is 6.64. The van der Waals surface area contributed by atoms with Gasteiger partial charge in [-0.3, -0.25) is 0 Å². The van der Waals surface area contributed by atoms with Gasteiger partial charge < -0.3 is 14.8 Å². The summed E-state index contributed by atoms with van der Waals surface area (Å²) < 4.78 is 37.7. The van der Waals surface area contributed by atoms with Gasteiger partial charge in [-0.2, -0.15) is 0 Å². The van der Waals surface area contributed by atoms with Crippen molar-refractivity contribution in [3.05, 3.63) is 24.3 Å². The van der Waals surface area contributed by atoms with Gasteiger partial charge in [-0.15, -0.1) is 12.4 Å². The maximum absolute atomic E-state index is 12.2. The number of ether oxygens (including phenoxy) is 2. The lowest BCUT2D eigenvalue weighted by molar-refractivity contribution is 0.110. The van der Waals surface area contributed by atoms with Crippen molar-refractivity contribution in [2.75, 3.05) is 32.9 Å². The average Bonchev–Trinajstić information content (AvgIpc) is 3.04. The van der Waals surface area contributed by atoms with Gasteiger partial charge in [0.25, 0.3) is 0 Å². The summed E-state index contributed by atoms with van der Waals surface area (Å²) in [6.45, 7) is 4.93. The molecule has 1 aromatic carbocycles. The molecule has 1 aliphatic rings. The SMILES string of the molecule is CCOCCOc1ccc(S(=O)(=O)NCC2CCCN2)cc1.Cl. The summed E-state index contributed by atoms with van der Waals surface area (Å²) in [4.78, 5) is 0.252. The minimum absolute atomic E-state index is 0. The number of rotatable bonds is 9. The van der Waals surface area contributed by atoms with E-state index in [1.165, 1.54) is 0 Å². The summed E-state index contributed by atoms with van der Waals surface area (Å²) in [5, 5.41) is 3.26. The second-order valence-corrected chi connectivity index (χ2v) is 6.93. The molecule has 2 N–H and O–H groups in total. The standard InChI is InChI=1S/C15H24N2O4S.ClH/c1-2-20-10-11-21-14-5-7-15(8-6-14)22(18,19)17-12-13-4-3-9-16-13;/h5-8,13,16-17H,2-4,9-12H2,1H3;1H. The molecular formula is C15H25ClN2O4S. The van der Waals surface area contributed by atoms with Crippen LogP contribution in [0, 0.1) is 0 Å². The second-order valence-electron chi connectivity index (χ2n) is 5.16. The molecule has 6 nitrogen and oxygen atoms in total. The van der Waals surface area contributed by atoms with Crippen molar-refractivity contribution in [2.45, 2.75) is 30.7 Å². The summed E-state index contributed by atoms with van der Waals surface area (Å²) in [5.74, 6) is 0.635. The van der Waals surface area contributed by atoms with Crippen LogP contribution in [0.15, 0.2) is 29.2 Å². The largest absolute Gasteiger partial charge is 0.491 e. The predicted octanol–water partition coefficient (Wildman–Crippen LogP) is 1.55. The monoisotopic (exact) mass is 364 g/mol. The van der Waals surface area contributed by atoms with Crippen LogP contribution in [0.3, 0.4) is 0 Å². The molecule has 0 aromatic heterocycles. The van der Waals surface area contributed by atoms with E-state index in [1.54, 1.807) is 24.3 Å². The van der Waals surface area contributed by atoms with Gasteiger partial charge in [0.2, 0.25) is 10.0 Å². The zero-order valence-corrected chi connectivity index (χ0v) is 14.9. The highest BCUT2D eigenvalue weighted by Crippen LogP contribution is 2.16. The Morgan fingerprint density at radius 2 is 2.00 bits per heavy atom. The first-order valence-electron chi connectivity index (χ1n) is 7.65. The van der Waals surface area contributed by atoms with Crippen LogP contribution in [0.1, 0.15) is 19.8 Å². The van der Waals surface area contributed by atoms with Crippen molar-refractivity contribution in [3.63, 3.8) is 0 Å². The van der Waals surface area contributed by atoms with Crippen molar-refractivity contribution in [1.29, 1.82) is 0 Å². The Morgan fingerprint density at radius 1 is 1.26 bits per heavy atom. The van der Waals surface area contributed by atoms with Gasteiger partial charge >= 0.3 is 0 Å². The Bertz CT molecular complexity index is 545. The molecule has 0 saturated carbocycles. The number of sulfonamides is 1. The average molecular weight is 365 g/mol. The molecule has 0 amide bonds. The van der Waals surface area contributed by atoms with E-state index in [0.29, 0.717) is 32.1 Å². The minimum atomic E-state index is -3.46. The lowest BCUT2D eigenvalue weighted by Gasteiger charge is -2.12. The lowest BCUT2D eigenvalue weighted by Crippen LogP contribution is -2.37. The van der Waals surface area contributed by atoms with Crippen LogP contribution in [0.4, 0.5) is 0 Å². The van der Waals surface area contributed by atoms with E-state index in [2.05, 4.69) is 10.0 Å². The number of benzene rings is 1. The molecule has 1 unspecified atom stereocenters. The molecule has 2 rings (SSSR count). The fourth-order valence-corrected chi connectivity index (χ4v) is 3.38. The summed E-state index contributed by atoms with van der Waals surface area (Å²) in [5.41, 5.74) is 0. The van der Waals surface area contributed by atoms with Crippen LogP contribution >= 0.6 is 12.4 Å². The molecule has 132 valence electrons. The minimum Gasteiger partial charge on any atom is -0.491 e. The Morgan fingerprint density at radius 3 is 2.61 bits per heavy atom. The highest BCUT2D eigenvalue weighted by molar-refractivity contribution is 7.89. The summed E-state index contributed by atoms with van der Waals surface area (Å²) in [6.07, 6.45) is 2.11. The normalized spacial score (nSPS) is 17.7. The number of halogens is 1. The molecule has 23 heavy (non-hydrogen) atoms. The van der Waals surface area contributed by atoms with Crippen LogP contribution in [-0.2, 0) is 14.8 Å². The third-order valence-corrected chi connectivity index (χ3v) is 4.96. The Hall–Kier alpha value is -0.860. The molecular weight excluding hydrogens is 340 g/mol. The fourth-order valence-electron chi connectivity index (χ4n) is 2.30. The van der Waals surface area contributed by atoms with E-state index < -0.39 is 10.0 Å². The lowest BCUT2D eigenvalue weighted by atomic mass is 10.2. The molecule has 1 aliphatic heterocycles. The van der Waals surface area contributed by atoms with Crippen LogP contribution in [0.25, 0.3) is 0 Å². The van der Waals surface area contributed by atoms with Crippen LogP contribution in [-0.4, -0.2) is 47.4 Å². The fraction of sp³-hybridized carbons (Fsp3) is 0.600. The Labute approximate surface area is 144 Å². The van der Waals surface area contributed by atoms with Crippen molar-refractivity contribution < 1.29 is 17.9 Å². The summed E-state index contributed by atoms with van der Waals surface area (Å²) in [7, 11) is -3.46. The van der Waals surface area contributed by atoms with E-state index in [1.807, 2.05) is 6.92 Å². The Kier molecular flexibility index (Phi) is 8.86. The molecule has 0 spiro atoms. The topological polar surface area (TPSA) is 76.7 Å². The first-order chi connectivity index (χ1) is 10.6. The second kappa shape index (κ2) is 10.1. The van der Waals surface area contributed by atoms with Gasteiger partial charge in [0.1, 0.15) is 12.4 Å². The quantitative estimate of drug-likeness (QED) is 0.650. The van der Waals surface area contributed by atoms with Gasteiger partial charge in [-0.25, -0.2) is 13.1 Å². The van der Waals surface area contributed by atoms with Gasteiger partial charge in [0.05, 0.1) is 11.5 Å². The summed E-state index contributed by atoms with van der Waals surface area (Å²) in [6, 6.07) is 6.67. The van der Waals surface area contributed by atoms with Gasteiger partial charge in [0, 0.05) is 19.2 Å². The Balaban J connectivity index is 0.00000264. The van der Waals surface area contributed by atoms with Crippen molar-refractivity contribution in [2.24, 2.45) is 0 Å². The van der Waals surface area contributed by atoms with Crippen molar-refractivity contribution in [3.8, 4) is 5.75 Å². The van der Waals surface area contributed by atoms with Crippen molar-refractivity contribution >= 4 is 22.4 Å². The first-order valence-corrected chi connectivity index (χ1v) is 9.14. The number of nitrogens with one attached hydrogen (secondary N) is 2. The van der Waals surface area contributed by atoms with Crippen LogP contribution in [0.5, 0.6) is 5.75 Å². The maximum Gasteiger partial charge on any atom is 0.240 e. The van der Waals surface area contributed by atoms with Gasteiger partial charge in [-0.05, 0) is 50.6 Å². The van der Waals surface area contributed by atoms with E-state index in [9.17, 15) is 8.42 Å². The molecule has 1 heterocycles. The van der Waals surface area contributed by atoms with E-state index in [-0.39, 0.29) is 23.3 Å². The molecule has 0 aliphatic carbocycles. The first kappa shape index (κ1) is 20.2. The van der Waals surface area contributed by atoms with E-state index in [0.717, 1.165) is 19.4 Å². The number of hydrogen-bond donors (Lipinski definition) is 2. The van der Waals surface area contributed by atoms with E-state index in [4.69, 9.17) is 9.47 Å². The highest BCUT2D eigenvalue weighted by atomic mass is 35.5. The molecule has 1 aromatic rings. The van der Waals surface area contributed by atoms with Gasteiger partial charge in [-0.1, -0.05) is 0 Å². The third-order valence-electron chi connectivity index (χ3n) is 3.52.